The molecule has 6 heteroatoms. The van der Waals surface area contributed by atoms with Gasteiger partial charge in [-0.15, -0.1) is 0 Å². The number of Topliss-reactive ketones (excluding diaryl/α,β-unsaturated/α-hetero) is 1. The van der Waals surface area contributed by atoms with Crippen molar-refractivity contribution in [2.45, 2.75) is 18.1 Å². The maximum Gasteiger partial charge on any atom is 0.250 e. The Balaban J connectivity index is 1.91. The van der Waals surface area contributed by atoms with Gasteiger partial charge in [-0.1, -0.05) is 30.3 Å². The molecule has 0 fully saturated rings. The largest absolute Gasteiger partial charge is 0.372 e. The van der Waals surface area contributed by atoms with Crippen LogP contribution in [-0.2, 0) is 19.9 Å². The average Bonchev–Trinajstić information content (AvgIpc) is 3.22. The van der Waals surface area contributed by atoms with Gasteiger partial charge in [0.25, 0.3) is 0 Å². The van der Waals surface area contributed by atoms with Gasteiger partial charge in [-0.05, 0) is 18.2 Å². The van der Waals surface area contributed by atoms with E-state index >= 15 is 0 Å². The fraction of sp³-hybridized carbons (Fsp3) is 0.286. The van der Waals surface area contributed by atoms with Crippen molar-refractivity contribution in [1.29, 1.82) is 0 Å². The van der Waals surface area contributed by atoms with Crippen molar-refractivity contribution < 1.29 is 19.0 Å². The van der Waals surface area contributed by atoms with Crippen molar-refractivity contribution in [3.05, 3.63) is 65.4 Å². The lowest BCUT2D eigenvalue weighted by Crippen LogP contribution is -2.60. The second-order valence-corrected chi connectivity index (χ2v) is 6.81. The van der Waals surface area contributed by atoms with E-state index in [0.29, 0.717) is 11.3 Å². The first kappa shape index (κ1) is 16.5. The number of ketones is 1. The molecule has 27 heavy (non-hydrogen) atoms. The number of aromatic nitrogens is 1. The van der Waals surface area contributed by atoms with Crippen molar-refractivity contribution in [3.63, 3.8) is 0 Å². The Kier molecular flexibility index (Phi) is 3.46. The molecular formula is C21H20N2O4. The van der Waals surface area contributed by atoms with Crippen molar-refractivity contribution in [1.82, 2.24) is 4.98 Å². The quantitative estimate of drug-likeness (QED) is 0.772. The molecule has 6 nitrogen and oxygen atoms in total. The van der Waals surface area contributed by atoms with Gasteiger partial charge in [0.05, 0.1) is 11.4 Å². The highest BCUT2D eigenvalue weighted by atomic mass is 16.6. The van der Waals surface area contributed by atoms with Gasteiger partial charge in [0.2, 0.25) is 11.5 Å². The first-order chi connectivity index (χ1) is 13.2. The van der Waals surface area contributed by atoms with Gasteiger partial charge in [0.15, 0.2) is 6.23 Å². The molecule has 5 rings (SSSR count). The molecule has 0 aliphatic carbocycles. The lowest BCUT2D eigenvalue weighted by Gasteiger charge is -2.47. The molecule has 0 spiro atoms. The molecule has 0 amide bonds. The highest BCUT2D eigenvalue weighted by Crippen LogP contribution is 2.55. The summed E-state index contributed by atoms with van der Waals surface area (Å²) in [4.78, 5) is 18.9. The van der Waals surface area contributed by atoms with E-state index in [0.717, 1.165) is 22.2 Å². The summed E-state index contributed by atoms with van der Waals surface area (Å²) in [6.45, 7) is 0. The summed E-state index contributed by atoms with van der Waals surface area (Å²) in [5.74, 6) is -0.106. The fourth-order valence-corrected chi connectivity index (χ4v) is 4.65. The fourth-order valence-electron chi connectivity index (χ4n) is 4.65. The smallest absolute Gasteiger partial charge is 0.250 e. The third-order valence-electron chi connectivity index (χ3n) is 5.73. The summed E-state index contributed by atoms with van der Waals surface area (Å²) >= 11 is 0. The molecule has 3 aromatic rings. The molecule has 0 bridgehead atoms. The zero-order valence-electron chi connectivity index (χ0n) is 15.4. The lowest BCUT2D eigenvalue weighted by atomic mass is 9.89. The van der Waals surface area contributed by atoms with Crippen LogP contribution in [0.25, 0.3) is 10.9 Å². The molecule has 3 atom stereocenters. The predicted octanol–water partition coefficient (Wildman–Crippen LogP) is 3.34. The Morgan fingerprint density at radius 3 is 2.48 bits per heavy atom. The van der Waals surface area contributed by atoms with Crippen LogP contribution in [0.3, 0.4) is 0 Å². The molecule has 0 unspecified atom stereocenters. The summed E-state index contributed by atoms with van der Waals surface area (Å²) in [5.41, 5.74) is 2.62. The van der Waals surface area contributed by atoms with E-state index in [1.54, 1.807) is 21.3 Å². The number of para-hydroxylation sites is 2. The van der Waals surface area contributed by atoms with E-state index in [1.807, 2.05) is 53.4 Å². The molecule has 3 heterocycles. The summed E-state index contributed by atoms with van der Waals surface area (Å²) in [6.07, 6.45) is -0.905. The van der Waals surface area contributed by atoms with Gasteiger partial charge in [-0.3, -0.25) is 4.79 Å². The van der Waals surface area contributed by atoms with Crippen LogP contribution in [0.1, 0.15) is 27.7 Å². The number of benzene rings is 2. The van der Waals surface area contributed by atoms with E-state index in [2.05, 4.69) is 4.98 Å². The lowest BCUT2D eigenvalue weighted by molar-refractivity contribution is -0.0973. The van der Waals surface area contributed by atoms with Crippen LogP contribution in [0.15, 0.2) is 48.5 Å². The molecule has 2 aliphatic rings. The zero-order chi connectivity index (χ0) is 18.8. The Labute approximate surface area is 156 Å². The van der Waals surface area contributed by atoms with Crippen LogP contribution < -0.4 is 4.90 Å². The summed E-state index contributed by atoms with van der Waals surface area (Å²) in [6, 6.07) is 15.5. The minimum absolute atomic E-state index is 0.106. The number of hydrogen-bond acceptors (Lipinski definition) is 5. The Morgan fingerprint density at radius 2 is 1.74 bits per heavy atom. The second-order valence-electron chi connectivity index (χ2n) is 6.81. The van der Waals surface area contributed by atoms with E-state index < -0.39 is 12.0 Å². The average molecular weight is 364 g/mol. The van der Waals surface area contributed by atoms with Crippen molar-refractivity contribution >= 4 is 22.4 Å². The SMILES string of the molecule is CO[C@H]1c2c([nH]c3ccccc23)[C@@]2(OC)C(=O)c3ccccc3N2[C@H]1OC. The van der Waals surface area contributed by atoms with Crippen LogP contribution in [0, 0.1) is 0 Å². The maximum absolute atomic E-state index is 13.6. The van der Waals surface area contributed by atoms with E-state index in [9.17, 15) is 4.79 Å². The molecule has 1 N–H and O–H groups in total. The van der Waals surface area contributed by atoms with Gasteiger partial charge >= 0.3 is 0 Å². The number of carbonyl (C=O) groups excluding carboxylic acids is 1. The molecule has 0 radical (unpaired) electrons. The minimum Gasteiger partial charge on any atom is -0.372 e. The molecule has 1 aromatic heterocycles. The topological polar surface area (TPSA) is 63.8 Å². The zero-order valence-corrected chi connectivity index (χ0v) is 15.4. The standard InChI is InChI=1S/C21H20N2O4/c1-25-17-16-12-8-4-6-10-14(12)22-18(16)21(27-3)19(24)13-9-5-7-11-15(13)23(21)20(17)26-2/h4-11,17,20,22H,1-3H3/t17-,20-,21+/m0/s1. The summed E-state index contributed by atoms with van der Waals surface area (Å²) in [7, 11) is 4.85. The van der Waals surface area contributed by atoms with Crippen LogP contribution in [0.2, 0.25) is 0 Å². The highest BCUT2D eigenvalue weighted by molar-refractivity contribution is 6.14. The predicted molar refractivity (Wildman–Crippen MR) is 101 cm³/mol. The number of anilines is 1. The number of aromatic amines is 1. The number of fused-ring (bicyclic) bond motifs is 7. The number of ether oxygens (including phenoxy) is 3. The molecule has 138 valence electrons. The Morgan fingerprint density at radius 1 is 1.00 bits per heavy atom. The van der Waals surface area contributed by atoms with Crippen LogP contribution in [0.4, 0.5) is 5.69 Å². The molecule has 2 aliphatic heterocycles. The monoisotopic (exact) mass is 364 g/mol. The van der Waals surface area contributed by atoms with Crippen LogP contribution >= 0.6 is 0 Å². The van der Waals surface area contributed by atoms with Gasteiger partial charge in [-0.2, -0.15) is 0 Å². The second kappa shape index (κ2) is 5.66. The Bertz CT molecular complexity index is 1060. The van der Waals surface area contributed by atoms with Gasteiger partial charge in [-0.25, -0.2) is 0 Å². The highest BCUT2D eigenvalue weighted by Gasteiger charge is 2.62. The summed E-state index contributed by atoms with van der Waals surface area (Å²) < 4.78 is 17.7. The molecular weight excluding hydrogens is 344 g/mol. The maximum atomic E-state index is 13.6. The third kappa shape index (κ3) is 1.82. The number of H-pyrrole nitrogens is 1. The normalized spacial score (nSPS) is 26.2. The van der Waals surface area contributed by atoms with Crippen molar-refractivity contribution in [3.8, 4) is 0 Å². The number of carbonyl (C=O) groups is 1. The van der Waals surface area contributed by atoms with Crippen molar-refractivity contribution in [2.75, 3.05) is 26.2 Å². The van der Waals surface area contributed by atoms with Gasteiger partial charge in [0.1, 0.15) is 6.10 Å². The minimum atomic E-state index is -1.31. The van der Waals surface area contributed by atoms with E-state index in [-0.39, 0.29) is 11.9 Å². The van der Waals surface area contributed by atoms with E-state index in [4.69, 9.17) is 14.2 Å². The first-order valence-electron chi connectivity index (χ1n) is 8.84. The molecule has 0 saturated heterocycles. The Hall–Kier alpha value is -2.67. The van der Waals surface area contributed by atoms with Crippen molar-refractivity contribution in [2.24, 2.45) is 0 Å². The number of hydrogen-bond donors (Lipinski definition) is 1. The summed E-state index contributed by atoms with van der Waals surface area (Å²) in [5, 5.41) is 1.00. The first-order valence-corrected chi connectivity index (χ1v) is 8.84. The number of methoxy groups -OCH3 is 3. The molecule has 2 aromatic carbocycles. The number of rotatable bonds is 3. The van der Waals surface area contributed by atoms with Gasteiger partial charge < -0.3 is 24.1 Å². The van der Waals surface area contributed by atoms with Crippen LogP contribution in [0.5, 0.6) is 0 Å². The van der Waals surface area contributed by atoms with Gasteiger partial charge in [0, 0.05) is 43.4 Å². The third-order valence-corrected chi connectivity index (χ3v) is 5.73. The van der Waals surface area contributed by atoms with Crippen LogP contribution in [-0.4, -0.2) is 38.3 Å². The number of nitrogens with one attached hydrogen (secondary N) is 1. The van der Waals surface area contributed by atoms with E-state index in [1.165, 1.54) is 0 Å². The number of nitrogens with zero attached hydrogens (tertiary/aromatic N) is 1. The molecule has 0 saturated carbocycles.